The van der Waals surface area contributed by atoms with Gasteiger partial charge in [-0.1, -0.05) is 13.8 Å². The number of fused-ring (bicyclic) bond motifs is 1. The SMILES string of the molecule is CC1(C)CC[C@@H](O)[C@]2(C)O[C@@]3(C)C=C[C@@]12OO3. The highest BCUT2D eigenvalue weighted by Gasteiger charge is 2.71. The van der Waals surface area contributed by atoms with Crippen molar-refractivity contribution in [3.8, 4) is 0 Å². The lowest BCUT2D eigenvalue weighted by Crippen LogP contribution is -2.77. The number of aliphatic hydroxyl groups excluding tert-OH is 1. The Morgan fingerprint density at radius 2 is 1.82 bits per heavy atom. The summed E-state index contributed by atoms with van der Waals surface area (Å²) in [6, 6.07) is 0. The topological polar surface area (TPSA) is 47.9 Å². The van der Waals surface area contributed by atoms with Crippen LogP contribution in [0, 0.1) is 5.41 Å². The van der Waals surface area contributed by atoms with Gasteiger partial charge >= 0.3 is 0 Å². The van der Waals surface area contributed by atoms with E-state index in [1.54, 1.807) is 6.92 Å². The molecular formula is C13H20O4. The monoisotopic (exact) mass is 240 g/mol. The van der Waals surface area contributed by atoms with E-state index in [4.69, 9.17) is 14.5 Å². The summed E-state index contributed by atoms with van der Waals surface area (Å²) < 4.78 is 6.02. The first kappa shape index (κ1) is 11.7. The molecule has 0 aromatic rings. The van der Waals surface area contributed by atoms with Gasteiger partial charge in [-0.3, -0.25) is 0 Å². The molecule has 1 aliphatic carbocycles. The summed E-state index contributed by atoms with van der Waals surface area (Å²) in [6.45, 7) is 7.97. The summed E-state index contributed by atoms with van der Waals surface area (Å²) >= 11 is 0. The van der Waals surface area contributed by atoms with Gasteiger partial charge in [0, 0.05) is 5.41 Å². The molecule has 2 bridgehead atoms. The van der Waals surface area contributed by atoms with Crippen molar-refractivity contribution in [2.45, 2.75) is 63.6 Å². The van der Waals surface area contributed by atoms with Crippen LogP contribution in [0.25, 0.3) is 0 Å². The molecule has 1 saturated carbocycles. The molecule has 96 valence electrons. The highest BCUT2D eigenvalue weighted by Crippen LogP contribution is 2.60. The van der Waals surface area contributed by atoms with E-state index in [0.717, 1.165) is 12.8 Å². The molecule has 1 saturated heterocycles. The highest BCUT2D eigenvalue weighted by molar-refractivity contribution is 5.29. The molecule has 17 heavy (non-hydrogen) atoms. The van der Waals surface area contributed by atoms with E-state index in [1.807, 2.05) is 19.1 Å². The molecule has 0 amide bonds. The lowest BCUT2D eigenvalue weighted by atomic mass is 9.56. The van der Waals surface area contributed by atoms with Gasteiger partial charge in [0.05, 0.1) is 6.10 Å². The van der Waals surface area contributed by atoms with Crippen LogP contribution in [0.15, 0.2) is 12.2 Å². The Morgan fingerprint density at radius 3 is 2.41 bits per heavy atom. The van der Waals surface area contributed by atoms with E-state index in [1.165, 1.54) is 0 Å². The molecule has 2 fully saturated rings. The van der Waals surface area contributed by atoms with Gasteiger partial charge in [-0.05, 0) is 38.8 Å². The molecular weight excluding hydrogens is 220 g/mol. The van der Waals surface area contributed by atoms with Gasteiger partial charge in [-0.15, -0.1) is 0 Å². The molecule has 3 heterocycles. The number of rotatable bonds is 0. The normalized spacial score (nSPS) is 55.7. The fraction of sp³-hybridized carbons (Fsp3) is 0.846. The van der Waals surface area contributed by atoms with Crippen molar-refractivity contribution in [1.29, 1.82) is 0 Å². The van der Waals surface area contributed by atoms with Gasteiger partial charge in [0.25, 0.3) is 0 Å². The summed E-state index contributed by atoms with van der Waals surface area (Å²) in [5.41, 5.74) is -1.61. The first-order chi connectivity index (χ1) is 7.75. The quantitative estimate of drug-likeness (QED) is 0.519. The molecule has 4 rings (SSSR count). The third-order valence-electron chi connectivity index (χ3n) is 4.80. The van der Waals surface area contributed by atoms with E-state index in [-0.39, 0.29) is 5.41 Å². The summed E-state index contributed by atoms with van der Waals surface area (Å²) in [4.78, 5) is 11.0. The maximum absolute atomic E-state index is 10.3. The zero-order valence-electron chi connectivity index (χ0n) is 10.8. The third-order valence-corrected chi connectivity index (χ3v) is 4.80. The molecule has 4 aliphatic rings. The first-order valence-electron chi connectivity index (χ1n) is 6.20. The van der Waals surface area contributed by atoms with Crippen molar-refractivity contribution in [2.24, 2.45) is 5.41 Å². The van der Waals surface area contributed by atoms with Gasteiger partial charge in [0.15, 0.2) is 5.60 Å². The zero-order valence-corrected chi connectivity index (χ0v) is 10.8. The predicted molar refractivity (Wildman–Crippen MR) is 61.0 cm³/mol. The molecule has 0 aromatic heterocycles. The summed E-state index contributed by atoms with van der Waals surface area (Å²) in [5, 5.41) is 10.3. The van der Waals surface area contributed by atoms with Crippen molar-refractivity contribution in [3.63, 3.8) is 0 Å². The summed E-state index contributed by atoms with van der Waals surface area (Å²) in [5.74, 6) is -0.884. The molecule has 0 radical (unpaired) electrons. The van der Waals surface area contributed by atoms with Crippen molar-refractivity contribution in [1.82, 2.24) is 0 Å². The van der Waals surface area contributed by atoms with E-state index < -0.39 is 23.1 Å². The summed E-state index contributed by atoms with van der Waals surface area (Å²) in [6.07, 6.45) is 4.96. The maximum atomic E-state index is 10.3. The van der Waals surface area contributed by atoms with Gasteiger partial charge in [-0.2, -0.15) is 4.89 Å². The molecule has 1 spiro atoms. The van der Waals surface area contributed by atoms with Crippen LogP contribution in [0.2, 0.25) is 0 Å². The molecule has 4 atom stereocenters. The fourth-order valence-corrected chi connectivity index (χ4v) is 3.55. The minimum atomic E-state index is -0.884. The Bertz CT molecular complexity index is 391. The Balaban J connectivity index is 2.18. The smallest absolute Gasteiger partial charge is 0.218 e. The van der Waals surface area contributed by atoms with Crippen LogP contribution >= 0.6 is 0 Å². The van der Waals surface area contributed by atoms with Crippen LogP contribution in [-0.2, 0) is 14.5 Å². The number of ether oxygens (including phenoxy) is 1. The molecule has 0 unspecified atom stereocenters. The minimum absolute atomic E-state index is 0.140. The second kappa shape index (κ2) is 2.94. The van der Waals surface area contributed by atoms with Crippen LogP contribution in [0.1, 0.15) is 40.5 Å². The fourth-order valence-electron chi connectivity index (χ4n) is 3.55. The Labute approximate surface area is 101 Å². The summed E-state index contributed by atoms with van der Waals surface area (Å²) in [7, 11) is 0. The maximum Gasteiger partial charge on any atom is 0.218 e. The minimum Gasteiger partial charge on any atom is -0.390 e. The highest BCUT2D eigenvalue weighted by atomic mass is 17.3. The lowest BCUT2D eigenvalue weighted by molar-refractivity contribution is -0.555. The van der Waals surface area contributed by atoms with Gasteiger partial charge in [0.2, 0.25) is 5.79 Å². The molecule has 3 aliphatic heterocycles. The molecule has 4 heteroatoms. The Hall–Kier alpha value is -0.420. The largest absolute Gasteiger partial charge is 0.390 e. The van der Waals surface area contributed by atoms with Gasteiger partial charge < -0.3 is 9.84 Å². The number of hydrogen-bond acceptors (Lipinski definition) is 4. The lowest BCUT2D eigenvalue weighted by Gasteiger charge is -2.65. The molecule has 1 N–H and O–H groups in total. The average Bonchev–Trinajstić information content (AvgIpc) is 2.24. The zero-order chi connectivity index (χ0) is 12.5. The van der Waals surface area contributed by atoms with Crippen LogP contribution in [0.5, 0.6) is 0 Å². The van der Waals surface area contributed by atoms with Crippen LogP contribution in [0.4, 0.5) is 0 Å². The first-order valence-corrected chi connectivity index (χ1v) is 6.20. The second-order valence-electron chi connectivity index (χ2n) is 6.40. The molecule has 0 aromatic carbocycles. The van der Waals surface area contributed by atoms with Crippen molar-refractivity contribution >= 4 is 0 Å². The second-order valence-corrected chi connectivity index (χ2v) is 6.40. The Morgan fingerprint density at radius 1 is 1.12 bits per heavy atom. The van der Waals surface area contributed by atoms with E-state index in [0.29, 0.717) is 0 Å². The van der Waals surface area contributed by atoms with E-state index >= 15 is 0 Å². The van der Waals surface area contributed by atoms with Gasteiger partial charge in [0.1, 0.15) is 5.60 Å². The third kappa shape index (κ3) is 1.17. The molecule has 4 nitrogen and oxygen atoms in total. The van der Waals surface area contributed by atoms with Crippen molar-refractivity contribution < 1.29 is 19.6 Å². The average molecular weight is 240 g/mol. The standard InChI is InChI=1S/C13H20O4/c1-10(2)6-5-9(14)12(4)13(10)8-7-11(3,15-12)16-17-13/h7-9,14H,5-6H2,1-4H3/t9-,11-,12+,13-/m1/s1. The van der Waals surface area contributed by atoms with Crippen LogP contribution < -0.4 is 0 Å². The van der Waals surface area contributed by atoms with E-state index in [2.05, 4.69) is 13.8 Å². The van der Waals surface area contributed by atoms with Crippen LogP contribution in [-0.4, -0.2) is 28.2 Å². The van der Waals surface area contributed by atoms with Crippen molar-refractivity contribution in [3.05, 3.63) is 12.2 Å². The van der Waals surface area contributed by atoms with Crippen molar-refractivity contribution in [2.75, 3.05) is 0 Å². The number of aliphatic hydroxyl groups is 1. The van der Waals surface area contributed by atoms with E-state index in [9.17, 15) is 5.11 Å². The predicted octanol–water partition coefficient (Wildman–Crippen LogP) is 1.93. The van der Waals surface area contributed by atoms with Gasteiger partial charge in [-0.25, -0.2) is 4.89 Å². The number of hydrogen-bond donors (Lipinski definition) is 1. The Kier molecular flexibility index (Phi) is 2.01. The van der Waals surface area contributed by atoms with Crippen LogP contribution in [0.3, 0.4) is 0 Å².